The first kappa shape index (κ1) is 30.3. The van der Waals surface area contributed by atoms with Gasteiger partial charge in [-0.25, -0.2) is 0 Å². The molecule has 2 unspecified atom stereocenters. The van der Waals surface area contributed by atoms with Gasteiger partial charge in [-0.1, -0.05) is 32.0 Å². The second-order valence-electron chi connectivity index (χ2n) is 6.90. The van der Waals surface area contributed by atoms with Crippen LogP contribution in [0.1, 0.15) is 37.8 Å². The zero-order chi connectivity index (χ0) is 27.0. The Morgan fingerprint density at radius 2 is 0.882 bits per heavy atom. The molecule has 0 fully saturated rings. The highest BCUT2D eigenvalue weighted by Gasteiger charge is 2.76. The summed E-state index contributed by atoms with van der Waals surface area (Å²) in [7, 11) is 0. The molecule has 1 rings (SSSR count). The van der Waals surface area contributed by atoms with Crippen molar-refractivity contribution in [3.8, 4) is 0 Å². The summed E-state index contributed by atoms with van der Waals surface area (Å²) in [6.45, 7) is 1.80. The van der Waals surface area contributed by atoms with E-state index in [0.717, 1.165) is 13.8 Å². The minimum atomic E-state index is -6.51. The van der Waals surface area contributed by atoms with E-state index < -0.39 is 78.5 Å². The third-order valence-corrected chi connectivity index (χ3v) is 4.60. The largest absolute Gasteiger partial charge is 0.430 e. The van der Waals surface area contributed by atoms with E-state index >= 15 is 0 Å². The van der Waals surface area contributed by atoms with E-state index in [-0.39, 0.29) is 18.2 Å². The van der Waals surface area contributed by atoms with E-state index in [1.807, 2.05) is 0 Å². The number of ether oxygens (including phenoxy) is 2. The van der Waals surface area contributed by atoms with Gasteiger partial charge >= 0.3 is 24.7 Å². The smallest absolute Gasteiger partial charge is 0.368 e. The minimum Gasteiger partial charge on any atom is -0.368 e. The van der Waals surface area contributed by atoms with E-state index in [1.54, 1.807) is 0 Å². The summed E-state index contributed by atoms with van der Waals surface area (Å²) in [5.41, 5.74) is -15.5. The van der Waals surface area contributed by atoms with Crippen molar-refractivity contribution >= 4 is 0 Å². The van der Waals surface area contributed by atoms with Crippen molar-refractivity contribution in [1.82, 2.24) is 0 Å². The lowest BCUT2D eigenvalue weighted by molar-refractivity contribution is -0.416. The lowest BCUT2D eigenvalue weighted by Gasteiger charge is -2.41. The molecule has 4 nitrogen and oxygen atoms in total. The van der Waals surface area contributed by atoms with Gasteiger partial charge in [-0.2, -0.15) is 52.7 Å². The molecule has 198 valence electrons. The first-order chi connectivity index (χ1) is 15.1. The van der Waals surface area contributed by atoms with Gasteiger partial charge in [0.15, 0.2) is 12.6 Å². The van der Waals surface area contributed by atoms with Gasteiger partial charge in [0.1, 0.15) is 0 Å². The lowest BCUT2D eigenvalue weighted by atomic mass is 9.85. The van der Waals surface area contributed by atoms with Crippen LogP contribution in [0.5, 0.6) is 0 Å². The average molecular weight is 526 g/mol. The second kappa shape index (κ2) is 9.70. The molecule has 2 atom stereocenters. The summed E-state index contributed by atoms with van der Waals surface area (Å²) < 4.78 is 173. The number of rotatable bonds is 8. The van der Waals surface area contributed by atoms with Crippen LogP contribution in [0, 0.1) is 0 Å². The SMILES string of the molecule is CCC(O)OC(c1cccc(C(OC(O)CC)(C(F)(F)F)C(F)(F)F)c1)(C(F)(F)F)C(F)(F)F. The van der Waals surface area contributed by atoms with Crippen LogP contribution in [0.15, 0.2) is 24.3 Å². The van der Waals surface area contributed by atoms with Crippen molar-refractivity contribution in [2.75, 3.05) is 0 Å². The normalized spacial score (nSPS) is 16.5. The standard InChI is InChI=1S/C18H18F12O4/c1-3-11(31)33-13(15(19,20)21,16(22,23)24)9-6-5-7-10(8-9)14(17(25,26)27,18(28,29)30)34-12(32)4-2/h5-8,11-12,31-32H,3-4H2,1-2H3. The molecule has 0 saturated carbocycles. The summed E-state index contributed by atoms with van der Waals surface area (Å²) in [5.74, 6) is 0. The number of hydrogen-bond acceptors (Lipinski definition) is 4. The molecule has 1 aromatic rings. The molecule has 2 N–H and O–H groups in total. The third kappa shape index (κ3) is 5.23. The topological polar surface area (TPSA) is 58.9 Å². The highest BCUT2D eigenvalue weighted by atomic mass is 19.4. The van der Waals surface area contributed by atoms with E-state index in [4.69, 9.17) is 0 Å². The number of aliphatic hydroxyl groups is 2. The van der Waals surface area contributed by atoms with Crippen molar-refractivity contribution < 1.29 is 72.4 Å². The van der Waals surface area contributed by atoms with E-state index in [2.05, 4.69) is 9.47 Å². The Morgan fingerprint density at radius 3 is 1.09 bits per heavy atom. The van der Waals surface area contributed by atoms with Gasteiger partial charge in [0, 0.05) is 11.1 Å². The van der Waals surface area contributed by atoms with Gasteiger partial charge in [-0.05, 0) is 18.9 Å². The van der Waals surface area contributed by atoms with Crippen molar-refractivity contribution in [3.05, 3.63) is 35.4 Å². The van der Waals surface area contributed by atoms with Crippen LogP contribution in [0.25, 0.3) is 0 Å². The minimum absolute atomic E-state index is 0.0620. The molecule has 1 aromatic carbocycles. The highest BCUT2D eigenvalue weighted by molar-refractivity contribution is 5.37. The van der Waals surface area contributed by atoms with Gasteiger partial charge in [-0.15, -0.1) is 0 Å². The van der Waals surface area contributed by atoms with Crippen LogP contribution < -0.4 is 0 Å². The van der Waals surface area contributed by atoms with Gasteiger partial charge < -0.3 is 19.7 Å². The quantitative estimate of drug-likeness (QED) is 0.332. The molecule has 0 aliphatic heterocycles. The molecule has 0 heterocycles. The van der Waals surface area contributed by atoms with Crippen LogP contribution >= 0.6 is 0 Å². The van der Waals surface area contributed by atoms with E-state index in [1.165, 1.54) is 0 Å². The summed E-state index contributed by atoms with van der Waals surface area (Å²) >= 11 is 0. The molecule has 0 spiro atoms. The van der Waals surface area contributed by atoms with Crippen LogP contribution in [0.2, 0.25) is 0 Å². The third-order valence-electron chi connectivity index (χ3n) is 4.60. The Kier molecular flexibility index (Phi) is 8.63. The maximum atomic E-state index is 13.7. The number of alkyl halides is 12. The first-order valence-corrected chi connectivity index (χ1v) is 9.22. The van der Waals surface area contributed by atoms with E-state index in [0.29, 0.717) is 0 Å². The van der Waals surface area contributed by atoms with Crippen molar-refractivity contribution in [3.63, 3.8) is 0 Å². The molecular formula is C18H18F12O4. The fourth-order valence-corrected chi connectivity index (χ4v) is 2.91. The van der Waals surface area contributed by atoms with Gasteiger partial charge in [0.05, 0.1) is 0 Å². The number of aliphatic hydroxyl groups excluding tert-OH is 2. The zero-order valence-corrected chi connectivity index (χ0v) is 17.1. The Hall–Kier alpha value is -1.78. The number of halogens is 12. The lowest BCUT2D eigenvalue weighted by Crippen LogP contribution is -2.59. The maximum Gasteiger partial charge on any atom is 0.430 e. The van der Waals surface area contributed by atoms with Crippen molar-refractivity contribution in [2.24, 2.45) is 0 Å². The zero-order valence-electron chi connectivity index (χ0n) is 17.1. The van der Waals surface area contributed by atoms with Crippen LogP contribution in [0.3, 0.4) is 0 Å². The van der Waals surface area contributed by atoms with Gasteiger partial charge in [0.25, 0.3) is 11.2 Å². The van der Waals surface area contributed by atoms with Crippen molar-refractivity contribution in [1.29, 1.82) is 0 Å². The van der Waals surface area contributed by atoms with Crippen LogP contribution in [-0.2, 0) is 20.7 Å². The Balaban J connectivity index is 4.11. The summed E-state index contributed by atoms with van der Waals surface area (Å²) in [4.78, 5) is 0. The summed E-state index contributed by atoms with van der Waals surface area (Å²) in [6.07, 6.45) is -33.3. The molecule has 0 bridgehead atoms. The molecule has 0 radical (unpaired) electrons. The van der Waals surface area contributed by atoms with Crippen LogP contribution in [0.4, 0.5) is 52.7 Å². The first-order valence-electron chi connectivity index (χ1n) is 9.22. The monoisotopic (exact) mass is 526 g/mol. The highest BCUT2D eigenvalue weighted by Crippen LogP contribution is 2.57. The van der Waals surface area contributed by atoms with Gasteiger partial charge in [-0.3, -0.25) is 0 Å². The molecule has 0 aliphatic rings. The average Bonchev–Trinajstić information content (AvgIpc) is 2.65. The Bertz CT molecular complexity index is 722. The predicted molar refractivity (Wildman–Crippen MR) is 88.8 cm³/mol. The fraction of sp³-hybridized carbons (Fsp3) is 0.667. The summed E-state index contributed by atoms with van der Waals surface area (Å²) in [5, 5.41) is 18.8. The number of hydrogen-bond donors (Lipinski definition) is 2. The second-order valence-corrected chi connectivity index (χ2v) is 6.90. The predicted octanol–water partition coefficient (Wildman–Crippen LogP) is 5.82. The molecule has 0 saturated heterocycles. The van der Waals surface area contributed by atoms with Crippen molar-refractivity contribution in [2.45, 2.75) is 75.2 Å². The number of benzene rings is 1. The van der Waals surface area contributed by atoms with E-state index in [9.17, 15) is 62.9 Å². The molecule has 0 aromatic heterocycles. The Morgan fingerprint density at radius 1 is 0.618 bits per heavy atom. The fourth-order valence-electron chi connectivity index (χ4n) is 2.91. The molecular weight excluding hydrogens is 508 g/mol. The molecule has 0 aliphatic carbocycles. The maximum absolute atomic E-state index is 13.7. The molecule has 16 heteroatoms. The molecule has 34 heavy (non-hydrogen) atoms. The Labute approximate surface area is 184 Å². The van der Waals surface area contributed by atoms with Crippen LogP contribution in [-0.4, -0.2) is 47.5 Å². The summed E-state index contributed by atoms with van der Waals surface area (Å²) in [6, 6.07) is -0.763. The molecule has 0 amide bonds. The van der Waals surface area contributed by atoms with Gasteiger partial charge in [0.2, 0.25) is 0 Å².